The SMILES string of the molecule is CC.CC(C)(C)OC(=O)N(CC(=O)O)C1(c2cccc(F)c2)CC1. The van der Waals surface area contributed by atoms with E-state index in [1.807, 2.05) is 13.8 Å². The maximum atomic E-state index is 13.5. The van der Waals surface area contributed by atoms with Crippen molar-refractivity contribution in [2.45, 2.75) is 58.6 Å². The molecule has 6 heteroatoms. The van der Waals surface area contributed by atoms with Gasteiger partial charge >= 0.3 is 12.1 Å². The van der Waals surface area contributed by atoms with Crippen LogP contribution in [0.25, 0.3) is 0 Å². The van der Waals surface area contributed by atoms with Gasteiger partial charge in [-0.2, -0.15) is 0 Å². The fourth-order valence-corrected chi connectivity index (χ4v) is 2.45. The minimum Gasteiger partial charge on any atom is -0.480 e. The number of ether oxygens (including phenoxy) is 1. The van der Waals surface area contributed by atoms with Crippen molar-refractivity contribution in [3.05, 3.63) is 35.6 Å². The van der Waals surface area contributed by atoms with E-state index in [9.17, 15) is 14.0 Å². The Kier molecular flexibility index (Phi) is 6.35. The van der Waals surface area contributed by atoms with Gasteiger partial charge in [0.15, 0.2) is 0 Å². The maximum absolute atomic E-state index is 13.5. The Morgan fingerprint density at radius 1 is 1.29 bits per heavy atom. The van der Waals surface area contributed by atoms with Crippen molar-refractivity contribution in [3.63, 3.8) is 0 Å². The van der Waals surface area contributed by atoms with Gasteiger partial charge in [0.2, 0.25) is 0 Å². The van der Waals surface area contributed by atoms with Crippen LogP contribution in [0.2, 0.25) is 0 Å². The van der Waals surface area contributed by atoms with Crippen molar-refractivity contribution >= 4 is 12.1 Å². The fourth-order valence-electron chi connectivity index (χ4n) is 2.45. The van der Waals surface area contributed by atoms with E-state index < -0.39 is 35.6 Å². The Bertz CT molecular complexity index is 591. The molecule has 1 aliphatic rings. The van der Waals surface area contributed by atoms with Gasteiger partial charge < -0.3 is 9.84 Å². The lowest BCUT2D eigenvalue weighted by Gasteiger charge is -2.33. The number of amides is 1. The third-order valence-corrected chi connectivity index (χ3v) is 3.51. The highest BCUT2D eigenvalue weighted by molar-refractivity contribution is 5.78. The summed E-state index contributed by atoms with van der Waals surface area (Å²) in [5.74, 6) is -1.54. The Morgan fingerprint density at radius 3 is 2.29 bits per heavy atom. The Balaban J connectivity index is 0.00000139. The highest BCUT2D eigenvalue weighted by Gasteiger charge is 2.53. The molecule has 24 heavy (non-hydrogen) atoms. The van der Waals surface area contributed by atoms with Crippen LogP contribution in [0.4, 0.5) is 9.18 Å². The van der Waals surface area contributed by atoms with E-state index in [1.54, 1.807) is 32.9 Å². The first-order valence-corrected chi connectivity index (χ1v) is 8.12. The molecule has 1 amide bonds. The van der Waals surface area contributed by atoms with Gasteiger partial charge in [-0.25, -0.2) is 9.18 Å². The Labute approximate surface area is 142 Å². The summed E-state index contributed by atoms with van der Waals surface area (Å²) < 4.78 is 18.8. The van der Waals surface area contributed by atoms with Gasteiger partial charge in [0.1, 0.15) is 18.0 Å². The van der Waals surface area contributed by atoms with Crippen LogP contribution in [0, 0.1) is 5.82 Å². The van der Waals surface area contributed by atoms with Gasteiger partial charge in [-0.1, -0.05) is 26.0 Å². The average molecular weight is 339 g/mol. The molecule has 1 aromatic carbocycles. The first-order valence-electron chi connectivity index (χ1n) is 8.12. The Morgan fingerprint density at radius 2 is 1.88 bits per heavy atom. The molecule has 0 bridgehead atoms. The van der Waals surface area contributed by atoms with Gasteiger partial charge in [-0.15, -0.1) is 0 Å². The molecule has 2 rings (SSSR count). The first-order chi connectivity index (χ1) is 11.1. The molecular formula is C18H26FNO4. The lowest BCUT2D eigenvalue weighted by Crippen LogP contribution is -2.46. The van der Waals surface area contributed by atoms with Gasteiger partial charge in [0.25, 0.3) is 0 Å². The van der Waals surface area contributed by atoms with E-state index in [4.69, 9.17) is 9.84 Å². The zero-order valence-corrected chi connectivity index (χ0v) is 14.9. The zero-order chi connectivity index (χ0) is 18.5. The van der Waals surface area contributed by atoms with E-state index >= 15 is 0 Å². The topological polar surface area (TPSA) is 66.8 Å². The number of hydrogen-bond acceptors (Lipinski definition) is 3. The van der Waals surface area contributed by atoms with E-state index in [0.29, 0.717) is 18.4 Å². The lowest BCUT2D eigenvalue weighted by atomic mass is 10.0. The number of carbonyl (C=O) groups excluding carboxylic acids is 1. The number of carbonyl (C=O) groups is 2. The lowest BCUT2D eigenvalue weighted by molar-refractivity contribution is -0.139. The summed E-state index contributed by atoms with van der Waals surface area (Å²) in [4.78, 5) is 24.7. The molecule has 1 aliphatic carbocycles. The number of nitrogens with zero attached hydrogens (tertiary/aromatic N) is 1. The van der Waals surface area contributed by atoms with Crippen LogP contribution >= 0.6 is 0 Å². The Hall–Kier alpha value is -2.11. The summed E-state index contributed by atoms with van der Waals surface area (Å²) in [6.45, 7) is 8.66. The molecule has 1 aromatic rings. The smallest absolute Gasteiger partial charge is 0.411 e. The maximum Gasteiger partial charge on any atom is 0.411 e. The molecule has 0 spiro atoms. The van der Waals surface area contributed by atoms with Crippen LogP contribution in [0.15, 0.2) is 24.3 Å². The molecule has 5 nitrogen and oxygen atoms in total. The summed E-state index contributed by atoms with van der Waals surface area (Å²) >= 11 is 0. The second-order valence-electron chi connectivity index (χ2n) is 6.50. The van der Waals surface area contributed by atoms with Crippen molar-refractivity contribution in [2.75, 3.05) is 6.54 Å². The molecule has 1 N–H and O–H groups in total. The molecule has 0 radical (unpaired) electrons. The number of aliphatic carboxylic acids is 1. The summed E-state index contributed by atoms with van der Waals surface area (Å²) in [6.07, 6.45) is 0.475. The molecule has 0 saturated heterocycles. The third-order valence-electron chi connectivity index (χ3n) is 3.51. The highest BCUT2D eigenvalue weighted by Crippen LogP contribution is 2.51. The van der Waals surface area contributed by atoms with E-state index in [-0.39, 0.29) is 0 Å². The molecule has 0 heterocycles. The second-order valence-corrected chi connectivity index (χ2v) is 6.50. The van der Waals surface area contributed by atoms with Crippen molar-refractivity contribution in [3.8, 4) is 0 Å². The van der Waals surface area contributed by atoms with Crippen LogP contribution in [-0.4, -0.2) is 34.2 Å². The number of carboxylic acid groups (broad SMARTS) is 1. The van der Waals surface area contributed by atoms with Crippen LogP contribution in [-0.2, 0) is 15.1 Å². The van der Waals surface area contributed by atoms with Crippen LogP contribution in [0.5, 0.6) is 0 Å². The minimum absolute atomic E-state index is 0.414. The number of halogens is 1. The number of benzene rings is 1. The molecule has 1 saturated carbocycles. The van der Waals surface area contributed by atoms with Gasteiger partial charge in [-0.05, 0) is 51.3 Å². The van der Waals surface area contributed by atoms with Gasteiger partial charge in [-0.3, -0.25) is 9.69 Å². The van der Waals surface area contributed by atoms with Crippen molar-refractivity contribution in [1.82, 2.24) is 4.90 Å². The normalized spacial score (nSPS) is 14.9. The van der Waals surface area contributed by atoms with Crippen molar-refractivity contribution in [2.24, 2.45) is 0 Å². The molecule has 0 atom stereocenters. The quantitative estimate of drug-likeness (QED) is 0.894. The standard InChI is InChI=1S/C16H20FNO4.C2H6/c1-15(2,3)22-14(21)18(10-13(19)20)16(7-8-16)11-5-4-6-12(17)9-11;1-2/h4-6,9H,7-8,10H2,1-3H3,(H,19,20);1-2H3. The van der Waals surface area contributed by atoms with Gasteiger partial charge in [0.05, 0.1) is 5.54 Å². The molecule has 0 unspecified atom stereocenters. The molecule has 0 aliphatic heterocycles. The summed E-state index contributed by atoms with van der Waals surface area (Å²) in [7, 11) is 0. The molecule has 1 fully saturated rings. The van der Waals surface area contributed by atoms with Crippen LogP contribution < -0.4 is 0 Å². The monoisotopic (exact) mass is 339 g/mol. The van der Waals surface area contributed by atoms with E-state index in [0.717, 1.165) is 0 Å². The molecule has 134 valence electrons. The summed E-state index contributed by atoms with van der Waals surface area (Å²) in [5, 5.41) is 9.10. The third kappa shape index (κ3) is 4.94. The van der Waals surface area contributed by atoms with Gasteiger partial charge in [0, 0.05) is 0 Å². The van der Waals surface area contributed by atoms with E-state index in [1.165, 1.54) is 17.0 Å². The van der Waals surface area contributed by atoms with Crippen molar-refractivity contribution in [1.29, 1.82) is 0 Å². The average Bonchev–Trinajstić information content (AvgIpc) is 3.26. The highest BCUT2D eigenvalue weighted by atomic mass is 19.1. The van der Waals surface area contributed by atoms with E-state index in [2.05, 4.69) is 0 Å². The zero-order valence-electron chi connectivity index (χ0n) is 14.9. The predicted molar refractivity (Wildman–Crippen MR) is 89.2 cm³/mol. The predicted octanol–water partition coefficient (Wildman–Crippen LogP) is 4.16. The van der Waals surface area contributed by atoms with Crippen LogP contribution in [0.3, 0.4) is 0 Å². The summed E-state index contributed by atoms with van der Waals surface area (Å²) in [5.41, 5.74) is -0.922. The number of hydrogen-bond donors (Lipinski definition) is 1. The number of rotatable bonds is 4. The van der Waals surface area contributed by atoms with Crippen LogP contribution in [0.1, 0.15) is 53.0 Å². The van der Waals surface area contributed by atoms with Crippen molar-refractivity contribution < 1.29 is 23.8 Å². The fraction of sp³-hybridized carbons (Fsp3) is 0.556. The first kappa shape index (κ1) is 19.9. The molecule has 0 aromatic heterocycles. The second kappa shape index (κ2) is 7.64. The largest absolute Gasteiger partial charge is 0.480 e. The summed E-state index contributed by atoms with van der Waals surface area (Å²) in [6, 6.07) is 5.91. The number of carboxylic acids is 1. The molecular weight excluding hydrogens is 313 g/mol. The minimum atomic E-state index is -1.13.